The first-order chi connectivity index (χ1) is 18.6. The molecule has 7 heteroatoms. The van der Waals surface area contributed by atoms with E-state index in [1.54, 1.807) is 0 Å². The highest BCUT2D eigenvalue weighted by molar-refractivity contribution is 9.10. The van der Waals surface area contributed by atoms with Crippen LogP contribution >= 0.6 is 15.9 Å². The van der Waals surface area contributed by atoms with E-state index in [1.807, 2.05) is 66.7 Å². The number of carboxylic acids is 1. The van der Waals surface area contributed by atoms with Gasteiger partial charge >= 0.3 is 5.97 Å². The maximum absolute atomic E-state index is 12.2. The monoisotopic (exact) mass is 569 g/mol. The van der Waals surface area contributed by atoms with Gasteiger partial charge in [0.05, 0.1) is 34.7 Å². The Bertz CT molecular complexity index is 1630. The summed E-state index contributed by atoms with van der Waals surface area (Å²) < 4.78 is 9.34. The molecule has 5 aromatic rings. The number of rotatable bonds is 7. The summed E-state index contributed by atoms with van der Waals surface area (Å²) >= 11 is 3.68. The van der Waals surface area contributed by atoms with Crippen LogP contribution in [0.4, 0.5) is 0 Å². The van der Waals surface area contributed by atoms with Crippen molar-refractivity contribution in [2.45, 2.75) is 44.8 Å². The van der Waals surface area contributed by atoms with Crippen LogP contribution in [0.1, 0.15) is 48.7 Å². The number of ether oxygens (including phenoxy) is 1. The van der Waals surface area contributed by atoms with Crippen LogP contribution in [0.15, 0.2) is 83.3 Å². The van der Waals surface area contributed by atoms with Crippen molar-refractivity contribution in [3.8, 4) is 5.75 Å². The zero-order chi connectivity index (χ0) is 26.1. The minimum Gasteiger partial charge on any atom is -0.487 e. The first-order valence-electron chi connectivity index (χ1n) is 13.0. The van der Waals surface area contributed by atoms with Crippen molar-refractivity contribution in [2.24, 2.45) is 5.92 Å². The largest absolute Gasteiger partial charge is 0.487 e. The molecule has 38 heavy (non-hydrogen) atoms. The average Bonchev–Trinajstić information content (AvgIpc) is 3.30. The molecule has 0 bridgehead atoms. The van der Waals surface area contributed by atoms with E-state index < -0.39 is 11.9 Å². The van der Waals surface area contributed by atoms with E-state index in [0.29, 0.717) is 25.3 Å². The van der Waals surface area contributed by atoms with Gasteiger partial charge < -0.3 is 14.4 Å². The van der Waals surface area contributed by atoms with Gasteiger partial charge in [-0.05, 0) is 48.7 Å². The number of halogens is 1. The highest BCUT2D eigenvalue weighted by atomic mass is 79.9. The number of carbonyl (C=O) groups is 1. The van der Waals surface area contributed by atoms with E-state index in [2.05, 4.69) is 32.6 Å². The van der Waals surface area contributed by atoms with E-state index in [0.717, 1.165) is 62.8 Å². The standard InChI is InChI=1S/C31H28BrN3O3/c32-26-11-5-1-8-21(26)18-35-29-16-15-23(38-19-22-14-13-20-7-2-6-12-27(20)33-22)17-28(29)34-30(35)24-9-3-4-10-25(24)31(36)37/h1-2,5-8,11-17,24-25H,3-4,9-10,18-19H2,(H,36,37)/t24-,25+/m1/s1. The zero-order valence-corrected chi connectivity index (χ0v) is 22.5. The van der Waals surface area contributed by atoms with Gasteiger partial charge in [0.25, 0.3) is 0 Å². The fourth-order valence-electron chi connectivity index (χ4n) is 5.55. The van der Waals surface area contributed by atoms with Crippen molar-refractivity contribution in [2.75, 3.05) is 0 Å². The summed E-state index contributed by atoms with van der Waals surface area (Å²) in [5.74, 6) is 0.274. The molecule has 0 spiro atoms. The molecule has 3 aromatic carbocycles. The summed E-state index contributed by atoms with van der Waals surface area (Å²) in [4.78, 5) is 21.9. The number of hydrogen-bond donors (Lipinski definition) is 1. The summed E-state index contributed by atoms with van der Waals surface area (Å²) in [7, 11) is 0. The number of benzene rings is 3. The number of hydrogen-bond acceptors (Lipinski definition) is 4. The topological polar surface area (TPSA) is 77.2 Å². The molecule has 0 unspecified atom stereocenters. The highest BCUT2D eigenvalue weighted by Gasteiger charge is 2.35. The Morgan fingerprint density at radius 3 is 2.63 bits per heavy atom. The van der Waals surface area contributed by atoms with Crippen LogP contribution in [-0.4, -0.2) is 25.6 Å². The predicted octanol–water partition coefficient (Wildman–Crippen LogP) is 7.33. The third-order valence-corrected chi connectivity index (χ3v) is 8.27. The first-order valence-corrected chi connectivity index (χ1v) is 13.8. The fraction of sp³-hybridized carbons (Fsp3) is 0.258. The van der Waals surface area contributed by atoms with Gasteiger partial charge in [0.1, 0.15) is 18.2 Å². The lowest BCUT2D eigenvalue weighted by Crippen LogP contribution is -2.27. The predicted molar refractivity (Wildman–Crippen MR) is 151 cm³/mol. The Kier molecular flexibility index (Phi) is 6.85. The van der Waals surface area contributed by atoms with Gasteiger partial charge in [0, 0.05) is 21.8 Å². The quantitative estimate of drug-likeness (QED) is 0.222. The second kappa shape index (κ2) is 10.6. The van der Waals surface area contributed by atoms with E-state index in [-0.39, 0.29) is 5.92 Å². The number of aromatic nitrogens is 3. The van der Waals surface area contributed by atoms with Crippen LogP contribution in [0.25, 0.3) is 21.9 Å². The number of imidazole rings is 1. The third-order valence-electron chi connectivity index (χ3n) is 7.49. The molecule has 1 N–H and O–H groups in total. The number of fused-ring (bicyclic) bond motifs is 2. The maximum Gasteiger partial charge on any atom is 0.307 e. The number of nitrogens with zero attached hydrogens (tertiary/aromatic N) is 3. The minimum absolute atomic E-state index is 0.123. The number of para-hydroxylation sites is 1. The van der Waals surface area contributed by atoms with E-state index in [4.69, 9.17) is 14.7 Å². The Morgan fingerprint density at radius 2 is 1.76 bits per heavy atom. The smallest absolute Gasteiger partial charge is 0.307 e. The molecule has 0 amide bonds. The first kappa shape index (κ1) is 24.6. The SMILES string of the molecule is O=C(O)[C@H]1CCCC[C@H]1c1nc2cc(OCc3ccc4ccccc4n3)ccc2n1Cc1ccccc1Br. The molecule has 6 rings (SSSR count). The fourth-order valence-corrected chi connectivity index (χ4v) is 5.96. The molecule has 0 saturated heterocycles. The van der Waals surface area contributed by atoms with Crippen LogP contribution in [0, 0.1) is 5.92 Å². The molecule has 2 aromatic heterocycles. The summed E-state index contributed by atoms with van der Waals surface area (Å²) in [6.45, 7) is 0.960. The van der Waals surface area contributed by atoms with Crippen molar-refractivity contribution >= 4 is 43.8 Å². The van der Waals surface area contributed by atoms with Crippen molar-refractivity contribution in [1.29, 1.82) is 0 Å². The van der Waals surface area contributed by atoms with Crippen LogP contribution < -0.4 is 4.74 Å². The second-order valence-electron chi connectivity index (χ2n) is 9.92. The molecule has 2 heterocycles. The van der Waals surface area contributed by atoms with Crippen molar-refractivity contribution in [1.82, 2.24) is 14.5 Å². The Labute approximate surface area is 229 Å². The molecule has 0 aliphatic heterocycles. The van der Waals surface area contributed by atoms with E-state index in [1.165, 1.54) is 0 Å². The molecular formula is C31H28BrN3O3. The Balaban J connectivity index is 1.34. The number of aliphatic carboxylic acids is 1. The number of carboxylic acid groups (broad SMARTS) is 1. The lowest BCUT2D eigenvalue weighted by atomic mass is 9.78. The number of pyridine rings is 1. The lowest BCUT2D eigenvalue weighted by Gasteiger charge is -2.28. The van der Waals surface area contributed by atoms with E-state index in [9.17, 15) is 9.90 Å². The molecule has 2 atom stereocenters. The normalized spacial score (nSPS) is 17.6. The van der Waals surface area contributed by atoms with Gasteiger partial charge in [-0.15, -0.1) is 0 Å². The van der Waals surface area contributed by atoms with Gasteiger partial charge in [0.2, 0.25) is 0 Å². The molecule has 1 aliphatic carbocycles. The van der Waals surface area contributed by atoms with Crippen LogP contribution in [0.3, 0.4) is 0 Å². The molecule has 192 valence electrons. The Morgan fingerprint density at radius 1 is 0.947 bits per heavy atom. The molecule has 1 fully saturated rings. The van der Waals surface area contributed by atoms with Crippen LogP contribution in [0.2, 0.25) is 0 Å². The molecule has 6 nitrogen and oxygen atoms in total. The van der Waals surface area contributed by atoms with Gasteiger partial charge in [-0.2, -0.15) is 0 Å². The van der Waals surface area contributed by atoms with Gasteiger partial charge in [-0.25, -0.2) is 9.97 Å². The van der Waals surface area contributed by atoms with Crippen LogP contribution in [-0.2, 0) is 17.9 Å². The maximum atomic E-state index is 12.2. The summed E-state index contributed by atoms with van der Waals surface area (Å²) in [6.07, 6.45) is 3.47. The second-order valence-corrected chi connectivity index (χ2v) is 10.8. The lowest BCUT2D eigenvalue weighted by molar-refractivity contribution is -0.143. The molecule has 0 radical (unpaired) electrons. The Hall–Kier alpha value is -3.71. The minimum atomic E-state index is -0.735. The highest BCUT2D eigenvalue weighted by Crippen LogP contribution is 2.39. The van der Waals surface area contributed by atoms with Crippen molar-refractivity contribution in [3.63, 3.8) is 0 Å². The average molecular weight is 570 g/mol. The summed E-state index contributed by atoms with van der Waals surface area (Å²) in [6, 6.07) is 26.2. The molecule has 1 aliphatic rings. The van der Waals surface area contributed by atoms with Gasteiger partial charge in [0.15, 0.2) is 0 Å². The van der Waals surface area contributed by atoms with Gasteiger partial charge in [-0.1, -0.05) is 71.2 Å². The third kappa shape index (κ3) is 4.90. The zero-order valence-electron chi connectivity index (χ0n) is 20.9. The van der Waals surface area contributed by atoms with Crippen molar-refractivity contribution < 1.29 is 14.6 Å². The van der Waals surface area contributed by atoms with Crippen LogP contribution in [0.5, 0.6) is 5.75 Å². The molecule has 1 saturated carbocycles. The van der Waals surface area contributed by atoms with Gasteiger partial charge in [-0.3, -0.25) is 4.79 Å². The summed E-state index contributed by atoms with van der Waals surface area (Å²) in [5.41, 5.74) is 4.71. The summed E-state index contributed by atoms with van der Waals surface area (Å²) in [5, 5.41) is 11.1. The molecular weight excluding hydrogens is 542 g/mol. The van der Waals surface area contributed by atoms with Crippen molar-refractivity contribution in [3.05, 3.63) is 100 Å². The van der Waals surface area contributed by atoms with E-state index >= 15 is 0 Å².